The summed E-state index contributed by atoms with van der Waals surface area (Å²) in [6, 6.07) is 29.0. The maximum absolute atomic E-state index is 12.2. The second kappa shape index (κ2) is 26.5. The number of aromatic nitrogens is 2. The van der Waals surface area contributed by atoms with E-state index in [1.165, 1.54) is 182 Å². The molecule has 8 heteroatoms. The van der Waals surface area contributed by atoms with Gasteiger partial charge in [0.1, 0.15) is 6.61 Å². The fraction of sp³-hybridized carbons (Fsp3) is 0.533. The van der Waals surface area contributed by atoms with Gasteiger partial charge in [-0.2, -0.15) is 0 Å². The number of hydrogen-bond acceptors (Lipinski definition) is 5. The molecule has 4 N–H and O–H groups in total. The lowest BCUT2D eigenvalue weighted by molar-refractivity contribution is -0.155. The second-order valence-corrected chi connectivity index (χ2v) is 20.1. The number of nitrogens with two attached hydrogens (primary N) is 1. The number of carbonyl (C=O) groups excluding carboxylic acids is 1. The van der Waals surface area contributed by atoms with Crippen LogP contribution in [0.4, 0.5) is 0 Å². The fourth-order valence-corrected chi connectivity index (χ4v) is 10.2. The maximum atomic E-state index is 12.2. The maximum Gasteiger partial charge on any atom is 0.309 e. The molecule has 0 saturated carbocycles. The van der Waals surface area contributed by atoms with Gasteiger partial charge in [0, 0.05) is 68.9 Å². The number of unbranched alkanes of at least 4 members (excludes halogenated alkanes) is 15. The molecular formula is C60H84N4O4. The first-order valence-corrected chi connectivity index (χ1v) is 26.7. The molecule has 368 valence electrons. The molecule has 0 fully saturated rings. The van der Waals surface area contributed by atoms with E-state index in [4.69, 9.17) is 15.6 Å². The molecule has 2 heterocycles. The first-order chi connectivity index (χ1) is 33.0. The lowest BCUT2D eigenvalue weighted by atomic mass is 9.96. The first kappa shape index (κ1) is 52.1. The summed E-state index contributed by atoms with van der Waals surface area (Å²) in [6.45, 7) is 13.9. The van der Waals surface area contributed by atoms with Crippen molar-refractivity contribution in [3.63, 3.8) is 0 Å². The number of carboxylic acid groups (broad SMARTS) is 1. The number of fused-ring (bicyclic) bond motifs is 6. The average Bonchev–Trinajstić information content (AvgIpc) is 3.82. The van der Waals surface area contributed by atoms with E-state index in [2.05, 4.69) is 115 Å². The second-order valence-electron chi connectivity index (χ2n) is 20.1. The lowest BCUT2D eigenvalue weighted by Crippen LogP contribution is -2.28. The molecule has 2 atom stereocenters. The van der Waals surface area contributed by atoms with Gasteiger partial charge in [0.25, 0.3) is 0 Å². The zero-order valence-corrected chi connectivity index (χ0v) is 42.6. The van der Waals surface area contributed by atoms with Crippen LogP contribution in [0.1, 0.15) is 173 Å². The van der Waals surface area contributed by atoms with E-state index in [-0.39, 0.29) is 6.61 Å². The number of carbonyl (C=O) groups is 2. The van der Waals surface area contributed by atoms with Gasteiger partial charge in [0.15, 0.2) is 0 Å². The molecule has 6 rings (SSSR count). The predicted molar refractivity (Wildman–Crippen MR) is 287 cm³/mol. The van der Waals surface area contributed by atoms with Crippen LogP contribution in [0.3, 0.4) is 0 Å². The monoisotopic (exact) mass is 925 g/mol. The number of esters is 1. The van der Waals surface area contributed by atoms with Crippen molar-refractivity contribution in [1.29, 1.82) is 0 Å². The number of ether oxygens (including phenoxy) is 1. The molecule has 0 saturated heterocycles. The summed E-state index contributed by atoms with van der Waals surface area (Å²) >= 11 is 0. The molecule has 2 aromatic heterocycles. The number of nitrogens with zero attached hydrogens (tertiary/aromatic N) is 2. The Bertz CT molecular complexity index is 2570. The largest absolute Gasteiger partial charge is 0.481 e. The Morgan fingerprint density at radius 1 is 0.603 bits per heavy atom. The van der Waals surface area contributed by atoms with Crippen molar-refractivity contribution in [2.24, 2.45) is 17.6 Å². The van der Waals surface area contributed by atoms with Crippen LogP contribution < -0.4 is 11.1 Å². The van der Waals surface area contributed by atoms with Gasteiger partial charge in [0.05, 0.1) is 17.5 Å². The standard InChI is InChI=1S/C60H84N4O4/c1-7-9-11-13-17-21-25-50(26-22-18-14-12-10-8-2)64-57-38-44(4)28-32-53(57)54-34-30-48(40-58(54)64)47-29-33-52-51-31-27-43(3)37-55(51)63(56(52)39-47)36-24-20-16-15-19-23-35-62-41-49(61)42-68-60(67)46(6)45(5)59(65)66/h27-34,37-41,45-46,50,62H,7-26,35-36,42,61H2,1-6H3,(H,65,66)/b49-41-. The highest BCUT2D eigenvalue weighted by atomic mass is 16.5. The summed E-state index contributed by atoms with van der Waals surface area (Å²) in [7, 11) is 0. The quantitative estimate of drug-likeness (QED) is 0.0296. The Hall–Kier alpha value is -5.24. The van der Waals surface area contributed by atoms with Gasteiger partial charge in [-0.3, -0.25) is 9.59 Å². The van der Waals surface area contributed by atoms with Crippen LogP contribution in [0.5, 0.6) is 0 Å². The topological polar surface area (TPSA) is 112 Å². The minimum absolute atomic E-state index is 0.0592. The van der Waals surface area contributed by atoms with E-state index in [0.717, 1.165) is 32.4 Å². The molecule has 0 radical (unpaired) electrons. The number of nitrogens with one attached hydrogen (secondary N) is 1. The number of carboxylic acids is 1. The summed E-state index contributed by atoms with van der Waals surface area (Å²) in [5, 5.41) is 17.8. The smallest absolute Gasteiger partial charge is 0.309 e. The molecule has 0 bridgehead atoms. The minimum atomic E-state index is -1.02. The van der Waals surface area contributed by atoms with Crippen molar-refractivity contribution in [2.75, 3.05) is 13.2 Å². The summed E-state index contributed by atoms with van der Waals surface area (Å²) in [5.74, 6) is -3.13. The predicted octanol–water partition coefficient (Wildman–Crippen LogP) is 15.9. The third kappa shape index (κ3) is 13.9. The number of hydrogen-bond donors (Lipinski definition) is 3. The summed E-state index contributed by atoms with van der Waals surface area (Å²) in [4.78, 5) is 23.4. The zero-order valence-electron chi connectivity index (χ0n) is 42.6. The fourth-order valence-electron chi connectivity index (χ4n) is 10.2. The highest BCUT2D eigenvalue weighted by Gasteiger charge is 2.27. The van der Waals surface area contributed by atoms with E-state index < -0.39 is 23.8 Å². The Labute approximate surface area is 408 Å². The van der Waals surface area contributed by atoms with Gasteiger partial charge < -0.3 is 30.0 Å². The molecule has 0 spiro atoms. The van der Waals surface area contributed by atoms with Crippen LogP contribution in [0.15, 0.2) is 84.7 Å². The summed E-state index contributed by atoms with van der Waals surface area (Å²) < 4.78 is 10.6. The van der Waals surface area contributed by atoms with Gasteiger partial charge in [-0.15, -0.1) is 0 Å². The number of benzene rings is 4. The summed E-state index contributed by atoms with van der Waals surface area (Å²) in [5.41, 5.74) is 17.0. The van der Waals surface area contributed by atoms with E-state index in [9.17, 15) is 9.59 Å². The van der Waals surface area contributed by atoms with Crippen molar-refractivity contribution in [3.05, 3.63) is 95.8 Å². The van der Waals surface area contributed by atoms with Gasteiger partial charge in [0.2, 0.25) is 0 Å². The molecule has 68 heavy (non-hydrogen) atoms. The van der Waals surface area contributed by atoms with Crippen molar-refractivity contribution >= 4 is 55.6 Å². The van der Waals surface area contributed by atoms with E-state index in [0.29, 0.717) is 11.7 Å². The van der Waals surface area contributed by atoms with Crippen molar-refractivity contribution in [2.45, 2.75) is 183 Å². The lowest BCUT2D eigenvalue weighted by Gasteiger charge is -2.22. The van der Waals surface area contributed by atoms with E-state index in [1.54, 1.807) is 13.1 Å². The van der Waals surface area contributed by atoms with Crippen LogP contribution in [0.2, 0.25) is 0 Å². The zero-order chi connectivity index (χ0) is 48.4. The van der Waals surface area contributed by atoms with Crippen LogP contribution in [0, 0.1) is 25.7 Å². The molecule has 0 aliphatic rings. The van der Waals surface area contributed by atoms with E-state index in [1.807, 2.05) is 0 Å². The van der Waals surface area contributed by atoms with Crippen molar-refractivity contribution in [3.8, 4) is 11.1 Å². The number of rotatable bonds is 31. The van der Waals surface area contributed by atoms with Gasteiger partial charge >= 0.3 is 11.9 Å². The average molecular weight is 925 g/mol. The van der Waals surface area contributed by atoms with Gasteiger partial charge in [-0.05, 0) is 86.1 Å². The SMILES string of the molecule is CCCCCCCCC(CCCCCCCC)n1c2cc(C)ccc2c2ccc(-c3ccc4c5ccc(C)cc5n(CCCCCCCCN/C=C(\N)COC(=O)C(C)C(C)C(=O)O)c4c3)cc21. The van der Waals surface area contributed by atoms with Crippen LogP contribution in [-0.4, -0.2) is 39.3 Å². The molecule has 0 aliphatic heterocycles. The van der Waals surface area contributed by atoms with Gasteiger partial charge in [-0.25, -0.2) is 0 Å². The Morgan fingerprint density at radius 2 is 1.06 bits per heavy atom. The van der Waals surface area contributed by atoms with Gasteiger partial charge in [-0.1, -0.05) is 179 Å². The number of aryl methyl sites for hydroxylation is 3. The number of aliphatic carboxylic acids is 1. The highest BCUT2D eigenvalue weighted by molar-refractivity contribution is 6.11. The summed E-state index contributed by atoms with van der Waals surface area (Å²) in [6.07, 6.45) is 27.0. The third-order valence-corrected chi connectivity index (χ3v) is 14.6. The molecule has 4 aromatic carbocycles. The third-order valence-electron chi connectivity index (χ3n) is 14.6. The molecule has 2 unspecified atom stereocenters. The van der Waals surface area contributed by atoms with Crippen molar-refractivity contribution in [1.82, 2.24) is 14.5 Å². The van der Waals surface area contributed by atoms with E-state index >= 15 is 0 Å². The van der Waals surface area contributed by atoms with Crippen LogP contribution in [-0.2, 0) is 20.9 Å². The Kier molecular flexibility index (Phi) is 20.3. The van der Waals surface area contributed by atoms with Crippen LogP contribution >= 0.6 is 0 Å². The van der Waals surface area contributed by atoms with Crippen molar-refractivity contribution < 1.29 is 19.4 Å². The molecule has 0 amide bonds. The minimum Gasteiger partial charge on any atom is -0.481 e. The molecule has 8 nitrogen and oxygen atoms in total. The molecular weight excluding hydrogens is 841 g/mol. The molecule has 0 aliphatic carbocycles. The van der Waals surface area contributed by atoms with Crippen LogP contribution in [0.25, 0.3) is 54.7 Å². The molecule has 6 aromatic rings. The Balaban J connectivity index is 1.14. The highest BCUT2D eigenvalue weighted by Crippen LogP contribution is 2.40. The normalized spacial score (nSPS) is 13.1. The Morgan fingerprint density at radius 3 is 1.63 bits per heavy atom. The first-order valence-electron chi connectivity index (χ1n) is 26.7.